The first kappa shape index (κ1) is 17.1. The Morgan fingerprint density at radius 2 is 1.80 bits per heavy atom. The van der Waals surface area contributed by atoms with Gasteiger partial charge in [0.05, 0.1) is 26.4 Å². The molecule has 6 heteroatoms. The molecule has 2 aliphatic heterocycles. The zero-order valence-electron chi connectivity index (χ0n) is 11.9. The Morgan fingerprint density at radius 3 is 2.20 bits per heavy atom. The lowest BCUT2D eigenvalue weighted by Crippen LogP contribution is -2.06. The van der Waals surface area contributed by atoms with Crippen molar-refractivity contribution in [1.29, 1.82) is 0 Å². The Labute approximate surface area is 119 Å². The minimum absolute atomic E-state index is 0.181. The molecule has 116 valence electrons. The van der Waals surface area contributed by atoms with E-state index in [4.69, 9.17) is 24.4 Å². The number of aliphatic hydroxyl groups is 1. The third-order valence-electron chi connectivity index (χ3n) is 2.81. The Morgan fingerprint density at radius 1 is 1.25 bits per heavy atom. The molecule has 2 aliphatic rings. The number of aliphatic carboxylic acids is 1. The molecule has 0 bridgehead atoms. The Hall–Kier alpha value is -0.950. The second kappa shape index (κ2) is 9.88. The lowest BCUT2D eigenvalue weighted by atomic mass is 10.2. The molecule has 0 radical (unpaired) electrons. The van der Waals surface area contributed by atoms with Crippen molar-refractivity contribution in [1.82, 2.24) is 0 Å². The number of unbranched alkanes of at least 4 members (excludes halogenated alkanes) is 2. The topological polar surface area (TPSA) is 91.8 Å². The molecule has 6 nitrogen and oxygen atoms in total. The van der Waals surface area contributed by atoms with Crippen LogP contribution < -0.4 is 0 Å². The van der Waals surface area contributed by atoms with E-state index < -0.39 is 5.97 Å². The van der Waals surface area contributed by atoms with Gasteiger partial charge in [-0.05, 0) is 26.2 Å². The summed E-state index contributed by atoms with van der Waals surface area (Å²) in [5, 5.41) is 16.8. The van der Waals surface area contributed by atoms with E-state index in [1.165, 1.54) is 0 Å². The molecule has 2 atom stereocenters. The zero-order valence-corrected chi connectivity index (χ0v) is 11.9. The van der Waals surface area contributed by atoms with Gasteiger partial charge in [-0.25, -0.2) is 4.79 Å². The number of aliphatic hydroxyl groups excluding tert-OH is 1. The molecule has 0 aliphatic carbocycles. The highest BCUT2D eigenvalue weighted by Gasteiger charge is 2.26. The molecule has 0 aromatic heterocycles. The third kappa shape index (κ3) is 9.91. The van der Waals surface area contributed by atoms with E-state index in [0.717, 1.165) is 45.7 Å². The molecule has 2 unspecified atom stereocenters. The molecule has 0 spiro atoms. The number of carbonyl (C=O) groups is 1. The quantitative estimate of drug-likeness (QED) is 0.373. The van der Waals surface area contributed by atoms with Gasteiger partial charge in [0.2, 0.25) is 0 Å². The Bertz CT molecular complexity index is 295. The van der Waals surface area contributed by atoms with Crippen LogP contribution in [0.25, 0.3) is 0 Å². The largest absolute Gasteiger partial charge is 0.478 e. The summed E-state index contributed by atoms with van der Waals surface area (Å²) in [6.45, 7) is 5.01. The number of rotatable bonds is 9. The molecule has 0 aromatic carbocycles. The maximum Gasteiger partial charge on any atom is 0.330 e. The second-order valence-corrected chi connectivity index (χ2v) is 4.86. The molecule has 0 saturated carbocycles. The van der Waals surface area contributed by atoms with Gasteiger partial charge in [-0.1, -0.05) is 6.08 Å². The molecule has 2 rings (SSSR count). The highest BCUT2D eigenvalue weighted by Crippen LogP contribution is 2.12. The van der Waals surface area contributed by atoms with E-state index in [9.17, 15) is 4.79 Å². The number of carboxylic acids is 1. The van der Waals surface area contributed by atoms with Crippen molar-refractivity contribution in [2.45, 2.75) is 38.4 Å². The van der Waals surface area contributed by atoms with Gasteiger partial charge in [0.25, 0.3) is 0 Å². The van der Waals surface area contributed by atoms with Gasteiger partial charge >= 0.3 is 5.97 Å². The number of ether oxygens (including phenoxy) is 3. The van der Waals surface area contributed by atoms with E-state index >= 15 is 0 Å². The van der Waals surface area contributed by atoms with Gasteiger partial charge in [0.15, 0.2) is 0 Å². The van der Waals surface area contributed by atoms with Gasteiger partial charge in [-0.2, -0.15) is 0 Å². The smallest absolute Gasteiger partial charge is 0.330 e. The normalized spacial score (nSPS) is 23.8. The van der Waals surface area contributed by atoms with Crippen molar-refractivity contribution in [2.24, 2.45) is 0 Å². The van der Waals surface area contributed by atoms with Crippen LogP contribution in [0.5, 0.6) is 0 Å². The summed E-state index contributed by atoms with van der Waals surface area (Å²) in [5.74, 6) is -0.867. The average Bonchev–Trinajstić information content (AvgIpc) is 3.29. The van der Waals surface area contributed by atoms with Crippen molar-refractivity contribution in [3.8, 4) is 0 Å². The number of allylic oxidation sites excluding steroid dienone is 1. The van der Waals surface area contributed by atoms with Crippen molar-refractivity contribution in [3.63, 3.8) is 0 Å². The van der Waals surface area contributed by atoms with Gasteiger partial charge in [-0.15, -0.1) is 0 Å². The molecular formula is C14H24O6. The van der Waals surface area contributed by atoms with Crippen LogP contribution in [0.2, 0.25) is 0 Å². The van der Waals surface area contributed by atoms with Crippen molar-refractivity contribution in [3.05, 3.63) is 11.6 Å². The highest BCUT2D eigenvalue weighted by molar-refractivity contribution is 5.85. The van der Waals surface area contributed by atoms with E-state index in [0.29, 0.717) is 17.8 Å². The van der Waals surface area contributed by atoms with Crippen LogP contribution in [0, 0.1) is 0 Å². The van der Waals surface area contributed by atoms with Crippen LogP contribution in [0.3, 0.4) is 0 Å². The van der Waals surface area contributed by atoms with E-state index in [1.807, 2.05) is 0 Å². The SMILES string of the molecule is C(OCC1CO1)C1CO1.CC(=CCCCCO)C(=O)O. The van der Waals surface area contributed by atoms with Crippen LogP contribution in [0.15, 0.2) is 11.6 Å². The number of carboxylic acid groups (broad SMARTS) is 1. The second-order valence-electron chi connectivity index (χ2n) is 4.86. The van der Waals surface area contributed by atoms with Gasteiger partial charge in [0.1, 0.15) is 12.2 Å². The maximum atomic E-state index is 10.2. The third-order valence-corrected chi connectivity index (χ3v) is 2.81. The monoisotopic (exact) mass is 288 g/mol. The van der Waals surface area contributed by atoms with Crippen molar-refractivity contribution < 1.29 is 29.2 Å². The minimum Gasteiger partial charge on any atom is -0.478 e. The molecule has 2 fully saturated rings. The molecule has 2 heterocycles. The fourth-order valence-electron chi connectivity index (χ4n) is 1.32. The number of hydrogen-bond donors (Lipinski definition) is 2. The fourth-order valence-corrected chi connectivity index (χ4v) is 1.32. The fraction of sp³-hybridized carbons (Fsp3) is 0.786. The molecule has 0 aromatic rings. The first-order chi connectivity index (χ1) is 9.63. The van der Waals surface area contributed by atoms with Crippen LogP contribution in [0.1, 0.15) is 26.2 Å². The number of epoxide rings is 2. The van der Waals surface area contributed by atoms with Crippen LogP contribution in [-0.2, 0) is 19.0 Å². The molecular weight excluding hydrogens is 264 g/mol. The van der Waals surface area contributed by atoms with Crippen molar-refractivity contribution in [2.75, 3.05) is 33.0 Å². The van der Waals surface area contributed by atoms with Crippen LogP contribution in [-0.4, -0.2) is 61.4 Å². The van der Waals surface area contributed by atoms with Gasteiger partial charge in [0, 0.05) is 12.2 Å². The predicted octanol–water partition coefficient (Wildman–Crippen LogP) is 0.981. The predicted molar refractivity (Wildman–Crippen MR) is 72.6 cm³/mol. The van der Waals surface area contributed by atoms with Crippen LogP contribution >= 0.6 is 0 Å². The summed E-state index contributed by atoms with van der Waals surface area (Å²) in [6, 6.07) is 0. The number of hydrogen-bond acceptors (Lipinski definition) is 5. The van der Waals surface area contributed by atoms with E-state index in [-0.39, 0.29) is 6.61 Å². The van der Waals surface area contributed by atoms with Gasteiger partial charge in [-0.3, -0.25) is 0 Å². The summed E-state index contributed by atoms with van der Waals surface area (Å²) < 4.78 is 15.1. The summed E-state index contributed by atoms with van der Waals surface area (Å²) >= 11 is 0. The summed E-state index contributed by atoms with van der Waals surface area (Å²) in [5.41, 5.74) is 0.378. The van der Waals surface area contributed by atoms with E-state index in [2.05, 4.69) is 0 Å². The molecule has 20 heavy (non-hydrogen) atoms. The lowest BCUT2D eigenvalue weighted by molar-refractivity contribution is -0.132. The molecule has 2 N–H and O–H groups in total. The summed E-state index contributed by atoms with van der Waals surface area (Å²) in [6.07, 6.45) is 4.79. The molecule has 0 amide bonds. The maximum absolute atomic E-state index is 10.2. The first-order valence-corrected chi connectivity index (χ1v) is 6.95. The summed E-state index contributed by atoms with van der Waals surface area (Å²) in [4.78, 5) is 10.2. The average molecular weight is 288 g/mol. The molecule has 2 saturated heterocycles. The van der Waals surface area contributed by atoms with Gasteiger partial charge < -0.3 is 24.4 Å². The standard InChI is InChI=1S/C8H14O3.C6H10O3/c1-7(8(10)11)5-3-2-4-6-9;1(5-3-8-5)7-2-6-4-9-6/h5,9H,2-4,6H2,1H3,(H,10,11);5-6H,1-4H2. The highest BCUT2D eigenvalue weighted by atomic mass is 16.6. The lowest BCUT2D eigenvalue weighted by Gasteiger charge is -1.95. The zero-order chi connectivity index (χ0) is 14.8. The summed E-state index contributed by atoms with van der Waals surface area (Å²) in [7, 11) is 0. The Balaban J connectivity index is 0.000000202. The van der Waals surface area contributed by atoms with E-state index in [1.54, 1.807) is 13.0 Å². The minimum atomic E-state index is -0.867. The first-order valence-electron chi connectivity index (χ1n) is 6.95. The van der Waals surface area contributed by atoms with Crippen molar-refractivity contribution >= 4 is 5.97 Å². The van der Waals surface area contributed by atoms with Crippen LogP contribution in [0.4, 0.5) is 0 Å². The Kier molecular flexibility index (Phi) is 8.45.